The number of para-hydroxylation sites is 1. The van der Waals surface area contributed by atoms with E-state index in [2.05, 4.69) is 25.5 Å². The maximum atomic E-state index is 5.92. The van der Waals surface area contributed by atoms with E-state index in [1.165, 1.54) is 0 Å². The third-order valence-corrected chi connectivity index (χ3v) is 3.25. The molecule has 16 heavy (non-hydrogen) atoms. The van der Waals surface area contributed by atoms with Crippen LogP contribution in [-0.2, 0) is 6.54 Å². The fraction of sp³-hybridized carbons (Fsp3) is 0.182. The zero-order chi connectivity index (χ0) is 11.1. The first-order valence-electron chi connectivity index (χ1n) is 4.99. The van der Waals surface area contributed by atoms with Gasteiger partial charge < -0.3 is 15.0 Å². The second-order valence-electron chi connectivity index (χ2n) is 3.65. The second-order valence-corrected chi connectivity index (χ2v) is 4.40. The van der Waals surface area contributed by atoms with E-state index in [0.717, 1.165) is 28.2 Å². The lowest BCUT2D eigenvalue weighted by Gasteiger charge is -2.09. The Morgan fingerprint density at radius 2 is 2.31 bits per heavy atom. The molecule has 0 aliphatic carbocycles. The van der Waals surface area contributed by atoms with Crippen molar-refractivity contribution in [3.8, 4) is 17.0 Å². The fourth-order valence-corrected chi connectivity index (χ4v) is 2.47. The highest BCUT2D eigenvalue weighted by Gasteiger charge is 2.20. The zero-order valence-electron chi connectivity index (χ0n) is 8.48. The summed E-state index contributed by atoms with van der Waals surface area (Å²) in [6, 6.07) is 5.76. The molecule has 82 valence electrons. The van der Waals surface area contributed by atoms with Crippen LogP contribution in [0.2, 0.25) is 0 Å². The first-order chi connectivity index (χ1) is 7.77. The van der Waals surface area contributed by atoms with Crippen LogP contribution in [0.3, 0.4) is 0 Å². The maximum Gasteiger partial charge on any atom is 0.151 e. The molecular formula is C11H10BrN3O. The molecule has 3 rings (SSSR count). The molecule has 1 aromatic carbocycles. The van der Waals surface area contributed by atoms with Crippen LogP contribution in [0.5, 0.6) is 5.75 Å². The number of hydrogen-bond acceptors (Lipinski definition) is 3. The molecule has 1 aliphatic rings. The van der Waals surface area contributed by atoms with E-state index < -0.39 is 0 Å². The van der Waals surface area contributed by atoms with Crippen LogP contribution < -0.4 is 10.5 Å². The number of imidazole rings is 1. The molecule has 2 N–H and O–H groups in total. The number of anilines is 1. The molecule has 2 heterocycles. The van der Waals surface area contributed by atoms with Crippen LogP contribution in [0.1, 0.15) is 0 Å². The lowest BCUT2D eigenvalue weighted by molar-refractivity contribution is 0.308. The van der Waals surface area contributed by atoms with Crippen molar-refractivity contribution in [1.82, 2.24) is 9.55 Å². The van der Waals surface area contributed by atoms with Crippen molar-refractivity contribution in [3.63, 3.8) is 0 Å². The lowest BCUT2D eigenvalue weighted by atomic mass is 10.1. The summed E-state index contributed by atoms with van der Waals surface area (Å²) in [7, 11) is 0. The summed E-state index contributed by atoms with van der Waals surface area (Å²) in [5.41, 5.74) is 8.60. The monoisotopic (exact) mass is 279 g/mol. The van der Waals surface area contributed by atoms with Crippen molar-refractivity contribution in [1.29, 1.82) is 0 Å². The minimum atomic E-state index is 0.608. The minimum absolute atomic E-state index is 0.608. The van der Waals surface area contributed by atoms with E-state index >= 15 is 0 Å². The standard InChI is InChI=1S/C11H10BrN3O/c12-11-9-7-2-1-3-8(13)10(7)16-5-4-15(9)6-14-11/h1-3,6H,4-5,13H2. The largest absolute Gasteiger partial charge is 0.489 e. The van der Waals surface area contributed by atoms with Gasteiger partial charge in [0.05, 0.1) is 24.3 Å². The molecule has 0 bridgehead atoms. The highest BCUT2D eigenvalue weighted by molar-refractivity contribution is 9.10. The van der Waals surface area contributed by atoms with Gasteiger partial charge in [-0.3, -0.25) is 0 Å². The molecule has 0 unspecified atom stereocenters. The summed E-state index contributed by atoms with van der Waals surface area (Å²) < 4.78 is 8.57. The molecule has 0 fully saturated rings. The van der Waals surface area contributed by atoms with Gasteiger partial charge in [0, 0.05) is 5.56 Å². The SMILES string of the molecule is Nc1cccc2c1OCCn1cnc(Br)c1-2. The van der Waals surface area contributed by atoms with Gasteiger partial charge in [-0.1, -0.05) is 6.07 Å². The van der Waals surface area contributed by atoms with Crippen LogP contribution in [0, 0.1) is 0 Å². The predicted molar refractivity (Wildman–Crippen MR) is 65.3 cm³/mol. The van der Waals surface area contributed by atoms with Gasteiger partial charge in [-0.25, -0.2) is 4.98 Å². The summed E-state index contributed by atoms with van der Waals surface area (Å²) >= 11 is 3.45. The number of ether oxygens (including phenoxy) is 1. The Hall–Kier alpha value is -1.49. The van der Waals surface area contributed by atoms with Crippen molar-refractivity contribution in [2.75, 3.05) is 12.3 Å². The van der Waals surface area contributed by atoms with Gasteiger partial charge in [0.1, 0.15) is 11.2 Å². The number of fused-ring (bicyclic) bond motifs is 3. The Bertz CT molecular complexity index is 550. The third-order valence-electron chi connectivity index (χ3n) is 2.67. The number of nitrogens with two attached hydrogens (primary N) is 1. The average Bonchev–Trinajstić information content (AvgIpc) is 2.53. The van der Waals surface area contributed by atoms with Crippen LogP contribution in [0.25, 0.3) is 11.3 Å². The molecule has 1 aromatic heterocycles. The molecular weight excluding hydrogens is 270 g/mol. The highest BCUT2D eigenvalue weighted by Crippen LogP contribution is 2.39. The molecule has 2 aromatic rings. The van der Waals surface area contributed by atoms with E-state index in [1.54, 1.807) is 6.33 Å². The van der Waals surface area contributed by atoms with Gasteiger partial charge in [-0.2, -0.15) is 0 Å². The van der Waals surface area contributed by atoms with Crippen molar-refractivity contribution in [3.05, 3.63) is 29.1 Å². The van der Waals surface area contributed by atoms with E-state index in [0.29, 0.717) is 12.3 Å². The van der Waals surface area contributed by atoms with E-state index in [1.807, 2.05) is 18.2 Å². The normalized spacial score (nSPS) is 13.6. The maximum absolute atomic E-state index is 5.92. The smallest absolute Gasteiger partial charge is 0.151 e. The summed E-state index contributed by atoms with van der Waals surface area (Å²) in [6.45, 7) is 1.39. The number of rotatable bonds is 0. The Morgan fingerprint density at radius 3 is 3.19 bits per heavy atom. The summed E-state index contributed by atoms with van der Waals surface area (Å²) in [6.07, 6.45) is 1.81. The molecule has 0 atom stereocenters. The Kier molecular flexibility index (Phi) is 2.14. The third kappa shape index (κ3) is 1.31. The van der Waals surface area contributed by atoms with Gasteiger partial charge in [0.25, 0.3) is 0 Å². The molecule has 5 heteroatoms. The number of benzene rings is 1. The average molecular weight is 280 g/mol. The quantitative estimate of drug-likeness (QED) is 0.753. The topological polar surface area (TPSA) is 53.1 Å². The lowest BCUT2D eigenvalue weighted by Crippen LogP contribution is -2.04. The number of nitrogen functional groups attached to an aromatic ring is 1. The highest BCUT2D eigenvalue weighted by atomic mass is 79.9. The molecule has 0 spiro atoms. The first kappa shape index (κ1) is 9.72. The summed E-state index contributed by atoms with van der Waals surface area (Å²) in [5, 5.41) is 0. The Balaban J connectivity index is 2.33. The van der Waals surface area contributed by atoms with Crippen LogP contribution >= 0.6 is 15.9 Å². The molecule has 0 amide bonds. The van der Waals surface area contributed by atoms with E-state index in [-0.39, 0.29) is 0 Å². The number of hydrogen-bond donors (Lipinski definition) is 1. The predicted octanol–water partition coefficient (Wildman–Crippen LogP) is 2.29. The molecule has 0 saturated carbocycles. The van der Waals surface area contributed by atoms with E-state index in [9.17, 15) is 0 Å². The van der Waals surface area contributed by atoms with Crippen molar-refractivity contribution in [2.45, 2.75) is 6.54 Å². The van der Waals surface area contributed by atoms with Crippen LogP contribution in [0.15, 0.2) is 29.1 Å². The van der Waals surface area contributed by atoms with Crippen molar-refractivity contribution in [2.24, 2.45) is 0 Å². The zero-order valence-corrected chi connectivity index (χ0v) is 10.1. The van der Waals surface area contributed by atoms with Crippen molar-refractivity contribution < 1.29 is 4.74 Å². The number of halogens is 1. The summed E-state index contributed by atoms with van der Waals surface area (Å²) in [5.74, 6) is 0.752. The van der Waals surface area contributed by atoms with Gasteiger partial charge in [0.2, 0.25) is 0 Å². The first-order valence-corrected chi connectivity index (χ1v) is 5.79. The summed E-state index contributed by atoms with van der Waals surface area (Å²) in [4.78, 5) is 4.25. The molecule has 0 saturated heterocycles. The van der Waals surface area contributed by atoms with E-state index in [4.69, 9.17) is 10.5 Å². The second kappa shape index (κ2) is 3.52. The van der Waals surface area contributed by atoms with Gasteiger partial charge in [-0.15, -0.1) is 0 Å². The molecule has 0 radical (unpaired) electrons. The number of nitrogens with zero attached hydrogens (tertiary/aromatic N) is 2. The minimum Gasteiger partial charge on any atom is -0.489 e. The fourth-order valence-electron chi connectivity index (χ4n) is 1.94. The van der Waals surface area contributed by atoms with Gasteiger partial charge in [0.15, 0.2) is 5.75 Å². The molecule has 4 nitrogen and oxygen atoms in total. The van der Waals surface area contributed by atoms with Gasteiger partial charge in [-0.05, 0) is 28.1 Å². The Morgan fingerprint density at radius 1 is 1.44 bits per heavy atom. The van der Waals surface area contributed by atoms with Crippen LogP contribution in [-0.4, -0.2) is 16.2 Å². The van der Waals surface area contributed by atoms with Crippen LogP contribution in [0.4, 0.5) is 5.69 Å². The number of aromatic nitrogens is 2. The van der Waals surface area contributed by atoms with Gasteiger partial charge >= 0.3 is 0 Å². The Labute approximate surface area is 101 Å². The van der Waals surface area contributed by atoms with Crippen molar-refractivity contribution >= 4 is 21.6 Å². The molecule has 1 aliphatic heterocycles.